The lowest BCUT2D eigenvalue weighted by atomic mass is 10.2. The van der Waals surface area contributed by atoms with Crippen LogP contribution in [0.25, 0.3) is 0 Å². The van der Waals surface area contributed by atoms with E-state index in [1.165, 1.54) is 0 Å². The summed E-state index contributed by atoms with van der Waals surface area (Å²) >= 11 is 4.18. The van der Waals surface area contributed by atoms with Gasteiger partial charge in [-0.15, -0.1) is 25.8 Å². The molecule has 0 radical (unpaired) electrons. The third-order valence-electron chi connectivity index (χ3n) is 2.10. The van der Waals surface area contributed by atoms with Crippen LogP contribution in [0.15, 0.2) is 54.5 Å². The molecular weight excluding hydrogens is 218 g/mol. The normalized spacial score (nSPS) is 9.56. The molecular formula is C13H15NOS. The molecule has 0 heterocycles. The van der Waals surface area contributed by atoms with Crippen LogP contribution in [0.4, 0.5) is 0 Å². The van der Waals surface area contributed by atoms with Gasteiger partial charge in [0.15, 0.2) is 0 Å². The number of carbonyl (C=O) groups excluding carboxylic acids is 1. The van der Waals surface area contributed by atoms with Gasteiger partial charge in [0.05, 0.1) is 0 Å². The molecule has 0 aliphatic rings. The molecule has 1 amide bonds. The molecule has 0 aliphatic carbocycles. The summed E-state index contributed by atoms with van der Waals surface area (Å²) in [6.07, 6.45) is 3.41. The summed E-state index contributed by atoms with van der Waals surface area (Å²) < 4.78 is 0. The van der Waals surface area contributed by atoms with Gasteiger partial charge in [-0.3, -0.25) is 4.79 Å². The second kappa shape index (κ2) is 6.18. The van der Waals surface area contributed by atoms with Gasteiger partial charge >= 0.3 is 0 Å². The Morgan fingerprint density at radius 1 is 1.19 bits per heavy atom. The van der Waals surface area contributed by atoms with Gasteiger partial charge in [-0.2, -0.15) is 0 Å². The van der Waals surface area contributed by atoms with E-state index in [9.17, 15) is 4.79 Å². The van der Waals surface area contributed by atoms with E-state index in [0.29, 0.717) is 18.7 Å². The zero-order valence-corrected chi connectivity index (χ0v) is 9.99. The van der Waals surface area contributed by atoms with Crippen LogP contribution in [-0.2, 0) is 0 Å². The summed E-state index contributed by atoms with van der Waals surface area (Å²) in [6, 6.07) is 7.14. The van der Waals surface area contributed by atoms with Gasteiger partial charge in [-0.05, 0) is 24.3 Å². The highest BCUT2D eigenvalue weighted by atomic mass is 32.1. The van der Waals surface area contributed by atoms with Crippen molar-refractivity contribution < 1.29 is 4.79 Å². The molecule has 0 aliphatic heterocycles. The fourth-order valence-electron chi connectivity index (χ4n) is 1.34. The quantitative estimate of drug-likeness (QED) is 0.612. The third kappa shape index (κ3) is 3.28. The number of amides is 1. The summed E-state index contributed by atoms with van der Waals surface area (Å²) in [5.74, 6) is -0.0202. The van der Waals surface area contributed by atoms with Gasteiger partial charge in [0.25, 0.3) is 5.91 Å². The maximum absolute atomic E-state index is 12.0. The summed E-state index contributed by atoms with van der Waals surface area (Å²) in [4.78, 5) is 14.6. The van der Waals surface area contributed by atoms with Crippen molar-refractivity contribution in [3.63, 3.8) is 0 Å². The first-order valence-electron chi connectivity index (χ1n) is 4.99. The summed E-state index contributed by atoms with van der Waals surface area (Å²) in [7, 11) is 0. The molecule has 2 nitrogen and oxygen atoms in total. The second-order valence-corrected chi connectivity index (χ2v) is 3.85. The SMILES string of the molecule is C=CCN(CC=C)C(=O)c1ccc(S)cc1. The molecule has 0 fully saturated rings. The maximum Gasteiger partial charge on any atom is 0.254 e. The molecule has 0 N–H and O–H groups in total. The molecule has 16 heavy (non-hydrogen) atoms. The average Bonchev–Trinajstić information content (AvgIpc) is 2.29. The van der Waals surface area contributed by atoms with Gasteiger partial charge < -0.3 is 4.90 Å². The molecule has 0 atom stereocenters. The number of rotatable bonds is 5. The smallest absolute Gasteiger partial charge is 0.254 e. The topological polar surface area (TPSA) is 20.3 Å². The second-order valence-electron chi connectivity index (χ2n) is 3.33. The Bertz CT molecular complexity index is 373. The highest BCUT2D eigenvalue weighted by Crippen LogP contribution is 2.10. The number of hydrogen-bond acceptors (Lipinski definition) is 2. The van der Waals surface area contributed by atoms with Crippen LogP contribution >= 0.6 is 12.6 Å². The predicted octanol–water partition coefficient (Wildman–Crippen LogP) is 2.79. The first kappa shape index (κ1) is 12.6. The molecule has 1 aromatic rings. The minimum absolute atomic E-state index is 0.0202. The minimum atomic E-state index is -0.0202. The molecule has 0 bridgehead atoms. The van der Waals surface area contributed by atoms with Crippen LogP contribution in [0.2, 0.25) is 0 Å². The summed E-state index contributed by atoms with van der Waals surface area (Å²) in [5.41, 5.74) is 0.654. The van der Waals surface area contributed by atoms with E-state index in [-0.39, 0.29) is 5.91 Å². The number of nitrogens with zero attached hydrogens (tertiary/aromatic N) is 1. The van der Waals surface area contributed by atoms with Gasteiger partial charge in [-0.25, -0.2) is 0 Å². The monoisotopic (exact) mass is 233 g/mol. The van der Waals surface area contributed by atoms with Crippen molar-refractivity contribution in [3.8, 4) is 0 Å². The lowest BCUT2D eigenvalue weighted by Gasteiger charge is -2.19. The van der Waals surface area contributed by atoms with Crippen LogP contribution in [0.3, 0.4) is 0 Å². The molecule has 3 heteroatoms. The lowest BCUT2D eigenvalue weighted by Crippen LogP contribution is -2.31. The Morgan fingerprint density at radius 3 is 2.12 bits per heavy atom. The Kier molecular flexibility index (Phi) is 4.86. The van der Waals surface area contributed by atoms with E-state index in [1.807, 2.05) is 0 Å². The fraction of sp³-hybridized carbons (Fsp3) is 0.154. The van der Waals surface area contributed by atoms with Crippen molar-refractivity contribution >= 4 is 18.5 Å². The highest BCUT2D eigenvalue weighted by Gasteiger charge is 2.12. The van der Waals surface area contributed by atoms with Crippen molar-refractivity contribution in [3.05, 3.63) is 55.1 Å². The predicted molar refractivity (Wildman–Crippen MR) is 70.0 cm³/mol. The van der Waals surface area contributed by atoms with Crippen molar-refractivity contribution in [2.45, 2.75) is 4.90 Å². The Hall–Kier alpha value is -1.48. The molecule has 1 aromatic carbocycles. The van der Waals surface area contributed by atoms with E-state index < -0.39 is 0 Å². The average molecular weight is 233 g/mol. The van der Waals surface area contributed by atoms with E-state index >= 15 is 0 Å². The van der Waals surface area contributed by atoms with Gasteiger partial charge in [0.2, 0.25) is 0 Å². The lowest BCUT2D eigenvalue weighted by molar-refractivity contribution is 0.0791. The van der Waals surface area contributed by atoms with E-state index in [1.54, 1.807) is 41.3 Å². The van der Waals surface area contributed by atoms with Crippen LogP contribution in [0.1, 0.15) is 10.4 Å². The van der Waals surface area contributed by atoms with E-state index in [2.05, 4.69) is 25.8 Å². The zero-order chi connectivity index (χ0) is 12.0. The van der Waals surface area contributed by atoms with Crippen molar-refractivity contribution in [2.75, 3.05) is 13.1 Å². The van der Waals surface area contributed by atoms with Crippen molar-refractivity contribution in [1.29, 1.82) is 0 Å². The van der Waals surface area contributed by atoms with Crippen LogP contribution in [-0.4, -0.2) is 23.9 Å². The molecule has 84 valence electrons. The number of carbonyl (C=O) groups is 1. The Balaban J connectivity index is 2.84. The fourth-order valence-corrected chi connectivity index (χ4v) is 1.49. The minimum Gasteiger partial charge on any atom is -0.331 e. The molecule has 0 saturated heterocycles. The molecule has 0 spiro atoms. The van der Waals surface area contributed by atoms with E-state index in [0.717, 1.165) is 4.90 Å². The number of thiol groups is 1. The van der Waals surface area contributed by atoms with E-state index in [4.69, 9.17) is 0 Å². The Labute approximate surface area is 102 Å². The van der Waals surface area contributed by atoms with Crippen molar-refractivity contribution in [2.24, 2.45) is 0 Å². The zero-order valence-electron chi connectivity index (χ0n) is 9.10. The standard InChI is InChI=1S/C13H15NOS/c1-3-9-14(10-4-2)13(15)11-5-7-12(16)8-6-11/h3-8,16H,1-2,9-10H2. The first-order valence-corrected chi connectivity index (χ1v) is 5.44. The highest BCUT2D eigenvalue weighted by molar-refractivity contribution is 7.80. The third-order valence-corrected chi connectivity index (χ3v) is 2.40. The molecule has 0 aromatic heterocycles. The van der Waals surface area contributed by atoms with Gasteiger partial charge in [0, 0.05) is 23.5 Å². The van der Waals surface area contributed by atoms with Crippen LogP contribution in [0, 0.1) is 0 Å². The summed E-state index contributed by atoms with van der Waals surface area (Å²) in [5, 5.41) is 0. The number of hydrogen-bond donors (Lipinski definition) is 1. The largest absolute Gasteiger partial charge is 0.331 e. The van der Waals surface area contributed by atoms with Crippen LogP contribution < -0.4 is 0 Å². The summed E-state index contributed by atoms with van der Waals surface area (Å²) in [6.45, 7) is 8.31. The first-order chi connectivity index (χ1) is 7.69. The van der Waals surface area contributed by atoms with Gasteiger partial charge in [-0.1, -0.05) is 12.2 Å². The van der Waals surface area contributed by atoms with Gasteiger partial charge in [0.1, 0.15) is 0 Å². The molecule has 1 rings (SSSR count). The molecule has 0 unspecified atom stereocenters. The maximum atomic E-state index is 12.0. The molecule has 0 saturated carbocycles. The van der Waals surface area contributed by atoms with Crippen LogP contribution in [0.5, 0.6) is 0 Å². The number of benzene rings is 1. The Morgan fingerprint density at radius 2 is 1.69 bits per heavy atom. The van der Waals surface area contributed by atoms with Crippen molar-refractivity contribution in [1.82, 2.24) is 4.90 Å².